The summed E-state index contributed by atoms with van der Waals surface area (Å²) in [6.45, 7) is 0.0687. The van der Waals surface area contributed by atoms with Crippen LogP contribution in [0.4, 0.5) is 4.39 Å². The van der Waals surface area contributed by atoms with E-state index in [0.717, 1.165) is 0 Å². The maximum Gasteiger partial charge on any atom is 0.128 e. The molecule has 0 bridgehead atoms. The maximum absolute atomic E-state index is 13.4. The number of hydrogen-bond donors (Lipinski definition) is 2. The molecule has 0 radical (unpaired) electrons. The Morgan fingerprint density at radius 2 is 2.19 bits per heavy atom. The molecule has 0 saturated heterocycles. The lowest BCUT2D eigenvalue weighted by molar-refractivity contribution is 0.279. The van der Waals surface area contributed by atoms with Crippen LogP contribution in [0.3, 0.4) is 0 Å². The van der Waals surface area contributed by atoms with E-state index < -0.39 is 6.04 Å². The summed E-state index contributed by atoms with van der Waals surface area (Å²) in [4.78, 5) is 0. The zero-order chi connectivity index (χ0) is 11.3. The Hall–Kier alpha value is -0.840. The summed E-state index contributed by atoms with van der Waals surface area (Å²) in [5, 5.41) is 8.66. The fourth-order valence-corrected chi connectivity index (χ4v) is 1.40. The summed E-state index contributed by atoms with van der Waals surface area (Å²) >= 11 is 0. The molecule has 0 fully saturated rings. The Kier molecular flexibility index (Phi) is 7.05. The molecule has 1 atom stereocenters. The monoisotopic (exact) mass is 249 g/mol. The first-order valence-corrected chi connectivity index (χ1v) is 4.89. The SMILES string of the molecule is COc1ccc(F)c([C@H](N)CCCO)c1.Cl. The van der Waals surface area contributed by atoms with E-state index in [1.807, 2.05) is 0 Å². The lowest BCUT2D eigenvalue weighted by Gasteiger charge is -2.13. The molecule has 0 aliphatic heterocycles. The zero-order valence-electron chi connectivity index (χ0n) is 9.15. The van der Waals surface area contributed by atoms with Crippen molar-refractivity contribution in [3.63, 3.8) is 0 Å². The highest BCUT2D eigenvalue weighted by molar-refractivity contribution is 5.85. The standard InChI is InChI=1S/C11H16FNO2.ClH/c1-15-8-4-5-10(12)9(7-8)11(13)3-2-6-14;/h4-5,7,11,14H,2-3,6,13H2,1H3;1H/t11-;/m1./s1. The number of ether oxygens (including phenoxy) is 1. The van der Waals surface area contributed by atoms with E-state index in [0.29, 0.717) is 24.2 Å². The van der Waals surface area contributed by atoms with Crippen molar-refractivity contribution < 1.29 is 14.2 Å². The van der Waals surface area contributed by atoms with Crippen LogP contribution >= 0.6 is 12.4 Å². The van der Waals surface area contributed by atoms with E-state index >= 15 is 0 Å². The van der Waals surface area contributed by atoms with Gasteiger partial charge in [-0.1, -0.05) is 0 Å². The molecule has 16 heavy (non-hydrogen) atoms. The van der Waals surface area contributed by atoms with Gasteiger partial charge in [0.25, 0.3) is 0 Å². The van der Waals surface area contributed by atoms with Crippen molar-refractivity contribution in [3.05, 3.63) is 29.6 Å². The molecule has 0 spiro atoms. The second-order valence-corrected chi connectivity index (χ2v) is 3.36. The van der Waals surface area contributed by atoms with E-state index in [1.54, 1.807) is 12.1 Å². The second kappa shape index (κ2) is 7.44. The number of halogens is 2. The van der Waals surface area contributed by atoms with Gasteiger partial charge in [-0.3, -0.25) is 0 Å². The van der Waals surface area contributed by atoms with E-state index in [4.69, 9.17) is 15.6 Å². The van der Waals surface area contributed by atoms with Gasteiger partial charge in [-0.05, 0) is 31.0 Å². The molecule has 0 saturated carbocycles. The largest absolute Gasteiger partial charge is 0.497 e. The average molecular weight is 250 g/mol. The number of benzene rings is 1. The van der Waals surface area contributed by atoms with Gasteiger partial charge in [0.15, 0.2) is 0 Å². The lowest BCUT2D eigenvalue weighted by atomic mass is 10.0. The van der Waals surface area contributed by atoms with Crippen LogP contribution in [0.1, 0.15) is 24.4 Å². The molecule has 1 rings (SSSR count). The molecule has 5 heteroatoms. The van der Waals surface area contributed by atoms with Gasteiger partial charge in [0.2, 0.25) is 0 Å². The molecule has 0 unspecified atom stereocenters. The van der Waals surface area contributed by atoms with Crippen molar-refractivity contribution in [2.45, 2.75) is 18.9 Å². The van der Waals surface area contributed by atoms with Gasteiger partial charge in [-0.2, -0.15) is 0 Å². The highest BCUT2D eigenvalue weighted by Crippen LogP contribution is 2.23. The highest BCUT2D eigenvalue weighted by atomic mass is 35.5. The van der Waals surface area contributed by atoms with Crippen molar-refractivity contribution in [1.29, 1.82) is 0 Å². The first-order valence-electron chi connectivity index (χ1n) is 4.89. The highest BCUT2D eigenvalue weighted by Gasteiger charge is 2.11. The molecule has 0 heterocycles. The minimum atomic E-state index is -0.396. The predicted molar refractivity (Wildman–Crippen MR) is 63.4 cm³/mol. The quantitative estimate of drug-likeness (QED) is 0.840. The fraction of sp³-hybridized carbons (Fsp3) is 0.455. The third-order valence-corrected chi connectivity index (χ3v) is 2.28. The molecule has 0 aromatic heterocycles. The number of rotatable bonds is 5. The van der Waals surface area contributed by atoms with Crippen molar-refractivity contribution in [1.82, 2.24) is 0 Å². The minimum absolute atomic E-state index is 0. The molecular formula is C11H17ClFNO2. The van der Waals surface area contributed by atoms with Crippen LogP contribution < -0.4 is 10.5 Å². The molecule has 1 aromatic rings. The van der Waals surface area contributed by atoms with E-state index in [2.05, 4.69) is 0 Å². The third kappa shape index (κ3) is 3.96. The van der Waals surface area contributed by atoms with Crippen LogP contribution in [0.25, 0.3) is 0 Å². The summed E-state index contributed by atoms with van der Waals surface area (Å²) in [6, 6.07) is 4.09. The van der Waals surface area contributed by atoms with Crippen LogP contribution in [0.2, 0.25) is 0 Å². The summed E-state index contributed by atoms with van der Waals surface area (Å²) in [5.74, 6) is 0.257. The van der Waals surface area contributed by atoms with Crippen molar-refractivity contribution >= 4 is 12.4 Å². The Labute approximate surface area is 101 Å². The number of aliphatic hydroxyl groups is 1. The normalized spacial score (nSPS) is 11.8. The number of aliphatic hydroxyl groups excluding tert-OH is 1. The van der Waals surface area contributed by atoms with E-state index in [9.17, 15) is 4.39 Å². The van der Waals surface area contributed by atoms with E-state index in [1.165, 1.54) is 13.2 Å². The third-order valence-electron chi connectivity index (χ3n) is 2.28. The number of methoxy groups -OCH3 is 1. The van der Waals surface area contributed by atoms with Crippen LogP contribution in [0, 0.1) is 5.82 Å². The molecule has 3 nitrogen and oxygen atoms in total. The summed E-state index contributed by atoms with van der Waals surface area (Å²) in [5.41, 5.74) is 6.23. The van der Waals surface area contributed by atoms with Gasteiger partial charge in [0, 0.05) is 18.2 Å². The Balaban J connectivity index is 0.00000225. The van der Waals surface area contributed by atoms with Gasteiger partial charge in [-0.15, -0.1) is 12.4 Å². The first kappa shape index (κ1) is 15.2. The smallest absolute Gasteiger partial charge is 0.128 e. The van der Waals surface area contributed by atoms with Crippen LogP contribution in [0.5, 0.6) is 5.75 Å². The predicted octanol–water partition coefficient (Wildman–Crippen LogP) is 2.03. The topological polar surface area (TPSA) is 55.5 Å². The van der Waals surface area contributed by atoms with Crippen LogP contribution in [0.15, 0.2) is 18.2 Å². The second-order valence-electron chi connectivity index (χ2n) is 3.36. The average Bonchev–Trinajstić information content (AvgIpc) is 2.26. The Bertz CT molecular complexity index is 323. The number of hydrogen-bond acceptors (Lipinski definition) is 3. The number of nitrogens with two attached hydrogens (primary N) is 1. The molecule has 0 aliphatic carbocycles. The van der Waals surface area contributed by atoms with Gasteiger partial charge in [0.05, 0.1) is 7.11 Å². The minimum Gasteiger partial charge on any atom is -0.497 e. The fourth-order valence-electron chi connectivity index (χ4n) is 1.40. The van der Waals surface area contributed by atoms with Gasteiger partial charge < -0.3 is 15.6 Å². The summed E-state index contributed by atoms with van der Waals surface area (Å²) < 4.78 is 18.4. The van der Waals surface area contributed by atoms with Crippen molar-refractivity contribution in [2.24, 2.45) is 5.73 Å². The lowest BCUT2D eigenvalue weighted by Crippen LogP contribution is -2.12. The zero-order valence-corrected chi connectivity index (χ0v) is 9.97. The summed E-state index contributed by atoms with van der Waals surface area (Å²) in [6.07, 6.45) is 1.12. The van der Waals surface area contributed by atoms with Crippen LogP contribution in [-0.2, 0) is 0 Å². The van der Waals surface area contributed by atoms with Crippen LogP contribution in [-0.4, -0.2) is 18.8 Å². The first-order chi connectivity index (χ1) is 7.19. The maximum atomic E-state index is 13.4. The van der Waals surface area contributed by atoms with Gasteiger partial charge in [-0.25, -0.2) is 4.39 Å². The summed E-state index contributed by atoms with van der Waals surface area (Å²) in [7, 11) is 1.52. The molecule has 92 valence electrons. The van der Waals surface area contributed by atoms with Gasteiger partial charge >= 0.3 is 0 Å². The van der Waals surface area contributed by atoms with Crippen molar-refractivity contribution in [2.75, 3.05) is 13.7 Å². The molecular weight excluding hydrogens is 233 g/mol. The molecule has 0 amide bonds. The Morgan fingerprint density at radius 3 is 2.75 bits per heavy atom. The Morgan fingerprint density at radius 1 is 1.50 bits per heavy atom. The van der Waals surface area contributed by atoms with Crippen molar-refractivity contribution in [3.8, 4) is 5.75 Å². The molecule has 3 N–H and O–H groups in total. The molecule has 1 aromatic carbocycles. The van der Waals surface area contributed by atoms with E-state index in [-0.39, 0.29) is 24.8 Å². The van der Waals surface area contributed by atoms with Gasteiger partial charge in [0.1, 0.15) is 11.6 Å². The molecule has 0 aliphatic rings.